The summed E-state index contributed by atoms with van der Waals surface area (Å²) >= 11 is 7.05. The van der Waals surface area contributed by atoms with Crippen LogP contribution in [0.1, 0.15) is 0 Å². The summed E-state index contributed by atoms with van der Waals surface area (Å²) in [7, 11) is 3.21. The van der Waals surface area contributed by atoms with Gasteiger partial charge in [0.25, 0.3) is 0 Å². The Hall–Kier alpha value is -1.33. The minimum atomic E-state index is 0.414. The van der Waals surface area contributed by atoms with Gasteiger partial charge in [0.15, 0.2) is 0 Å². The Morgan fingerprint density at radius 1 is 1.06 bits per heavy atom. The van der Waals surface area contributed by atoms with Crippen molar-refractivity contribution in [1.82, 2.24) is 10.2 Å². The number of ether oxygens (including phenoxy) is 2. The van der Waals surface area contributed by atoms with E-state index in [-0.39, 0.29) is 0 Å². The Kier molecular flexibility index (Phi) is 3.26. The maximum Gasteiger partial charge on any atom is 0.207 e. The number of rotatable bonds is 3. The van der Waals surface area contributed by atoms with Gasteiger partial charge in [-0.25, -0.2) is 0 Å². The number of hydrogen-bond acceptors (Lipinski definition) is 5. The molecule has 0 saturated heterocycles. The summed E-state index contributed by atoms with van der Waals surface area (Å²) in [6.07, 6.45) is 0. The molecule has 0 saturated carbocycles. The van der Waals surface area contributed by atoms with Gasteiger partial charge in [0, 0.05) is 11.6 Å². The maximum absolute atomic E-state index is 5.74. The van der Waals surface area contributed by atoms with E-state index < -0.39 is 0 Å². The molecule has 0 aliphatic rings. The molecule has 1 heterocycles. The second kappa shape index (κ2) is 4.67. The minimum absolute atomic E-state index is 0.414. The second-order valence-electron chi connectivity index (χ2n) is 2.96. The van der Waals surface area contributed by atoms with E-state index in [4.69, 9.17) is 21.1 Å². The van der Waals surface area contributed by atoms with E-state index in [0.29, 0.717) is 16.0 Å². The lowest BCUT2D eigenvalue weighted by molar-refractivity contribution is 0.394. The molecule has 0 unspecified atom stereocenters. The van der Waals surface area contributed by atoms with Gasteiger partial charge >= 0.3 is 0 Å². The molecule has 6 heteroatoms. The zero-order valence-corrected chi connectivity index (χ0v) is 10.3. The molecule has 0 fully saturated rings. The highest BCUT2D eigenvalue weighted by Crippen LogP contribution is 2.32. The van der Waals surface area contributed by atoms with Crippen LogP contribution in [0.3, 0.4) is 0 Å². The van der Waals surface area contributed by atoms with Gasteiger partial charge in [0.1, 0.15) is 16.5 Å². The third-order valence-corrected chi connectivity index (χ3v) is 3.07. The van der Waals surface area contributed by atoms with E-state index in [1.54, 1.807) is 20.3 Å². The summed E-state index contributed by atoms with van der Waals surface area (Å²) in [6, 6.07) is 5.52. The summed E-state index contributed by atoms with van der Waals surface area (Å²) in [5, 5.41) is 8.46. The topological polar surface area (TPSA) is 44.2 Å². The first-order valence-electron chi connectivity index (χ1n) is 4.45. The fourth-order valence-corrected chi connectivity index (χ4v) is 2.07. The van der Waals surface area contributed by atoms with Gasteiger partial charge in [-0.15, -0.1) is 10.2 Å². The third kappa shape index (κ3) is 2.25. The van der Waals surface area contributed by atoms with Crippen LogP contribution in [-0.4, -0.2) is 24.4 Å². The van der Waals surface area contributed by atoms with Crippen molar-refractivity contribution in [2.24, 2.45) is 0 Å². The highest BCUT2D eigenvalue weighted by Gasteiger charge is 2.08. The van der Waals surface area contributed by atoms with Crippen molar-refractivity contribution in [3.63, 3.8) is 0 Å². The van der Waals surface area contributed by atoms with E-state index in [2.05, 4.69) is 10.2 Å². The third-order valence-electron chi connectivity index (χ3n) is 2.00. The minimum Gasteiger partial charge on any atom is -0.497 e. The lowest BCUT2D eigenvalue weighted by Gasteiger charge is -2.05. The molecule has 0 N–H and O–H groups in total. The Balaban J connectivity index is 2.47. The lowest BCUT2D eigenvalue weighted by atomic mass is 10.2. The number of nitrogens with zero attached hydrogens (tertiary/aromatic N) is 2. The Bertz CT molecular complexity index is 479. The van der Waals surface area contributed by atoms with Gasteiger partial charge in [0.05, 0.1) is 14.2 Å². The van der Waals surface area contributed by atoms with Gasteiger partial charge in [-0.1, -0.05) is 11.3 Å². The molecule has 84 valence electrons. The molecule has 2 rings (SSSR count). The first-order chi connectivity index (χ1) is 7.72. The molecular formula is C10H9ClN2O2S. The molecule has 0 aliphatic carbocycles. The van der Waals surface area contributed by atoms with Crippen molar-refractivity contribution < 1.29 is 9.47 Å². The Morgan fingerprint density at radius 3 is 2.12 bits per heavy atom. The van der Waals surface area contributed by atoms with Crippen LogP contribution in [0.2, 0.25) is 4.47 Å². The molecule has 0 amide bonds. The molecule has 4 nitrogen and oxygen atoms in total. The van der Waals surface area contributed by atoms with E-state index in [1.807, 2.05) is 12.1 Å². The first-order valence-corrected chi connectivity index (χ1v) is 5.65. The predicted molar refractivity (Wildman–Crippen MR) is 63.5 cm³/mol. The largest absolute Gasteiger partial charge is 0.497 e. The molecule has 0 atom stereocenters. The van der Waals surface area contributed by atoms with E-state index >= 15 is 0 Å². The van der Waals surface area contributed by atoms with Crippen LogP contribution < -0.4 is 9.47 Å². The molecular weight excluding hydrogens is 248 g/mol. The summed E-state index contributed by atoms with van der Waals surface area (Å²) in [5.74, 6) is 1.42. The van der Waals surface area contributed by atoms with Crippen LogP contribution in [-0.2, 0) is 0 Å². The maximum atomic E-state index is 5.74. The standard InChI is InChI=1S/C10H9ClN2O2S/c1-14-7-3-6(4-8(5-7)15-2)9-12-13-10(11)16-9/h3-5H,1-2H3. The number of hydrogen-bond donors (Lipinski definition) is 0. The van der Waals surface area contributed by atoms with Gasteiger partial charge in [0.2, 0.25) is 4.47 Å². The van der Waals surface area contributed by atoms with Gasteiger partial charge in [-0.05, 0) is 23.7 Å². The van der Waals surface area contributed by atoms with Crippen LogP contribution in [0.4, 0.5) is 0 Å². The zero-order valence-electron chi connectivity index (χ0n) is 8.73. The SMILES string of the molecule is COc1cc(OC)cc(-c2nnc(Cl)s2)c1. The molecule has 0 bridgehead atoms. The van der Waals surface area contributed by atoms with Crippen molar-refractivity contribution in [2.45, 2.75) is 0 Å². The van der Waals surface area contributed by atoms with Gasteiger partial charge < -0.3 is 9.47 Å². The van der Waals surface area contributed by atoms with Crippen molar-refractivity contribution in [1.29, 1.82) is 0 Å². The number of benzene rings is 1. The molecule has 0 aliphatic heterocycles. The Labute approximate surface area is 102 Å². The summed E-state index contributed by atoms with van der Waals surface area (Å²) < 4.78 is 10.8. The van der Waals surface area contributed by atoms with Gasteiger partial charge in [-0.3, -0.25) is 0 Å². The van der Waals surface area contributed by atoms with Crippen LogP contribution in [0.5, 0.6) is 11.5 Å². The first kappa shape index (κ1) is 11.2. The second-order valence-corrected chi connectivity index (χ2v) is 4.52. The average molecular weight is 257 g/mol. The summed E-state index contributed by atoms with van der Waals surface area (Å²) in [4.78, 5) is 0. The van der Waals surface area contributed by atoms with E-state index in [9.17, 15) is 0 Å². The van der Waals surface area contributed by atoms with Crippen molar-refractivity contribution >= 4 is 22.9 Å². The molecule has 0 spiro atoms. The monoisotopic (exact) mass is 256 g/mol. The van der Waals surface area contributed by atoms with Gasteiger partial charge in [-0.2, -0.15) is 0 Å². The van der Waals surface area contributed by atoms with Crippen LogP contribution in [0.15, 0.2) is 18.2 Å². The van der Waals surface area contributed by atoms with Crippen LogP contribution in [0, 0.1) is 0 Å². The van der Waals surface area contributed by atoms with Crippen molar-refractivity contribution in [3.05, 3.63) is 22.7 Å². The number of halogens is 1. The highest BCUT2D eigenvalue weighted by atomic mass is 35.5. The smallest absolute Gasteiger partial charge is 0.207 e. The van der Waals surface area contributed by atoms with Crippen LogP contribution >= 0.6 is 22.9 Å². The quantitative estimate of drug-likeness (QED) is 0.847. The fourth-order valence-electron chi connectivity index (χ4n) is 1.25. The lowest BCUT2D eigenvalue weighted by Crippen LogP contribution is -1.88. The number of methoxy groups -OCH3 is 2. The fraction of sp³-hybridized carbons (Fsp3) is 0.200. The summed E-state index contributed by atoms with van der Waals surface area (Å²) in [5.41, 5.74) is 0.876. The van der Waals surface area contributed by atoms with Crippen molar-refractivity contribution in [3.8, 4) is 22.1 Å². The van der Waals surface area contributed by atoms with Crippen molar-refractivity contribution in [2.75, 3.05) is 14.2 Å². The molecule has 16 heavy (non-hydrogen) atoms. The molecule has 2 aromatic rings. The Morgan fingerprint density at radius 2 is 1.69 bits per heavy atom. The predicted octanol–water partition coefficient (Wildman–Crippen LogP) is 2.88. The normalized spacial score (nSPS) is 10.2. The average Bonchev–Trinajstić information content (AvgIpc) is 2.75. The summed E-state index contributed by atoms with van der Waals surface area (Å²) in [6.45, 7) is 0. The van der Waals surface area contributed by atoms with E-state index in [1.165, 1.54) is 11.3 Å². The molecule has 0 radical (unpaired) electrons. The zero-order chi connectivity index (χ0) is 11.5. The van der Waals surface area contributed by atoms with E-state index in [0.717, 1.165) is 10.6 Å². The van der Waals surface area contributed by atoms with Crippen LogP contribution in [0.25, 0.3) is 10.6 Å². The molecule has 1 aromatic heterocycles. The molecule has 1 aromatic carbocycles. The highest BCUT2D eigenvalue weighted by molar-refractivity contribution is 7.18. The number of aromatic nitrogens is 2.